The Hall–Kier alpha value is -3.33. The monoisotopic (exact) mass is 458 g/mol. The third-order valence-corrected chi connectivity index (χ3v) is 6.25. The molecule has 3 atom stereocenters. The maximum atomic E-state index is 12.7. The number of benzene rings is 2. The van der Waals surface area contributed by atoms with Gasteiger partial charge in [0.25, 0.3) is 5.91 Å². The van der Waals surface area contributed by atoms with Crippen LogP contribution in [0.3, 0.4) is 0 Å². The smallest absolute Gasteiger partial charge is 0.345 e. The molecule has 0 saturated carbocycles. The van der Waals surface area contributed by atoms with Gasteiger partial charge >= 0.3 is 12.6 Å². The van der Waals surface area contributed by atoms with Gasteiger partial charge in [0.1, 0.15) is 6.04 Å². The molecule has 9 heteroatoms. The number of fused-ring (bicyclic) bond motifs is 3. The summed E-state index contributed by atoms with van der Waals surface area (Å²) in [7, 11) is 1.15. The third-order valence-electron chi connectivity index (χ3n) is 6.25. The van der Waals surface area contributed by atoms with Gasteiger partial charge in [0.2, 0.25) is 5.91 Å². The van der Waals surface area contributed by atoms with Crippen LogP contribution < -0.4 is 5.32 Å². The molecule has 2 aliphatic rings. The predicted molar refractivity (Wildman–Crippen MR) is 115 cm³/mol. The molecule has 1 aliphatic heterocycles. The number of likely N-dealkylation sites (tertiary alicyclic amines) is 1. The first-order valence-electron chi connectivity index (χ1n) is 10.6. The summed E-state index contributed by atoms with van der Waals surface area (Å²) in [6.07, 6.45) is -1.09. The number of carbonyl (C=O) groups excluding carboxylic acids is 3. The normalized spacial score (nSPS) is 21.0. The molecule has 2 aromatic carbocycles. The van der Waals surface area contributed by atoms with E-state index in [1.807, 2.05) is 24.3 Å². The Labute approximate surface area is 189 Å². The first-order chi connectivity index (χ1) is 15.8. The van der Waals surface area contributed by atoms with E-state index in [1.165, 1.54) is 5.56 Å². The minimum Gasteiger partial charge on any atom is -0.467 e. The second kappa shape index (κ2) is 9.27. The van der Waals surface area contributed by atoms with Gasteiger partial charge in [-0.3, -0.25) is 9.59 Å². The van der Waals surface area contributed by atoms with Crippen molar-refractivity contribution in [3.8, 4) is 11.1 Å². The van der Waals surface area contributed by atoms with Crippen molar-refractivity contribution in [2.24, 2.45) is 0 Å². The number of hydrogen-bond acceptors (Lipinski definition) is 5. The van der Waals surface area contributed by atoms with Gasteiger partial charge in [0, 0.05) is 24.4 Å². The van der Waals surface area contributed by atoms with Crippen molar-refractivity contribution >= 4 is 17.8 Å². The lowest BCUT2D eigenvalue weighted by Gasteiger charge is -2.22. The summed E-state index contributed by atoms with van der Waals surface area (Å²) in [4.78, 5) is 38.6. The summed E-state index contributed by atoms with van der Waals surface area (Å²) < 4.78 is 34.3. The topological polar surface area (TPSA) is 84.9 Å². The Kier molecular flexibility index (Phi) is 6.42. The average molecular weight is 458 g/mol. The number of nitrogens with one attached hydrogen (secondary N) is 1. The second-order valence-corrected chi connectivity index (χ2v) is 8.13. The van der Waals surface area contributed by atoms with E-state index in [0.717, 1.165) is 28.7 Å². The number of amides is 2. The summed E-state index contributed by atoms with van der Waals surface area (Å²) in [5.41, 5.74) is 4.79. The molecule has 7 nitrogen and oxygen atoms in total. The highest BCUT2D eigenvalue weighted by molar-refractivity contribution is 5.99. The number of alkyl halides is 2. The molecule has 174 valence electrons. The summed E-state index contributed by atoms with van der Waals surface area (Å²) in [5.74, 6) is -1.53. The van der Waals surface area contributed by atoms with Crippen LogP contribution in [0.1, 0.15) is 40.7 Å². The van der Waals surface area contributed by atoms with Crippen LogP contribution >= 0.6 is 0 Å². The van der Waals surface area contributed by atoms with Crippen LogP contribution in [-0.4, -0.2) is 61.6 Å². The first-order valence-corrected chi connectivity index (χ1v) is 10.6. The highest BCUT2D eigenvalue weighted by Gasteiger charge is 2.41. The quantitative estimate of drug-likeness (QED) is 0.673. The van der Waals surface area contributed by atoms with Crippen molar-refractivity contribution in [2.75, 3.05) is 20.2 Å². The molecule has 2 aromatic rings. The van der Waals surface area contributed by atoms with Crippen LogP contribution in [0.25, 0.3) is 11.1 Å². The highest BCUT2D eigenvalue weighted by Crippen LogP contribution is 2.44. The molecular formula is C24H24F2N2O5. The zero-order valence-electron chi connectivity index (χ0n) is 18.2. The zero-order chi connectivity index (χ0) is 23.7. The van der Waals surface area contributed by atoms with E-state index in [9.17, 15) is 23.2 Å². The minimum absolute atomic E-state index is 0.0981. The maximum absolute atomic E-state index is 12.7. The van der Waals surface area contributed by atoms with Gasteiger partial charge in [-0.25, -0.2) is 4.79 Å². The van der Waals surface area contributed by atoms with Crippen LogP contribution in [0, 0.1) is 0 Å². The molecule has 0 radical (unpaired) electrons. The van der Waals surface area contributed by atoms with Crippen LogP contribution in [0.2, 0.25) is 0 Å². The molecule has 4 rings (SSSR count). The minimum atomic E-state index is -3.02. The number of carbonyl (C=O) groups is 3. The molecule has 1 saturated heterocycles. The van der Waals surface area contributed by atoms with E-state index in [-0.39, 0.29) is 18.9 Å². The summed E-state index contributed by atoms with van der Waals surface area (Å²) in [5, 5.41) is 2.56. The summed E-state index contributed by atoms with van der Waals surface area (Å²) >= 11 is 0. The Morgan fingerprint density at radius 3 is 2.58 bits per heavy atom. The van der Waals surface area contributed by atoms with E-state index >= 15 is 0 Å². The van der Waals surface area contributed by atoms with Crippen molar-refractivity contribution < 1.29 is 32.6 Å². The highest BCUT2D eigenvalue weighted by atomic mass is 19.3. The second-order valence-electron chi connectivity index (χ2n) is 8.13. The lowest BCUT2D eigenvalue weighted by Crippen LogP contribution is -2.46. The van der Waals surface area contributed by atoms with Crippen molar-refractivity contribution in [3.63, 3.8) is 0 Å². The van der Waals surface area contributed by atoms with Crippen LogP contribution in [0.4, 0.5) is 8.78 Å². The molecular weight excluding hydrogens is 434 g/mol. The van der Waals surface area contributed by atoms with E-state index < -0.39 is 43.1 Å². The maximum Gasteiger partial charge on any atom is 0.345 e. The largest absolute Gasteiger partial charge is 0.467 e. The summed E-state index contributed by atoms with van der Waals surface area (Å²) in [6.45, 7) is -1.48. The van der Waals surface area contributed by atoms with Crippen LogP contribution in [-0.2, 0) is 19.1 Å². The van der Waals surface area contributed by atoms with Gasteiger partial charge in [-0.2, -0.15) is 8.78 Å². The molecule has 33 heavy (non-hydrogen) atoms. The number of hydrogen-bond donors (Lipinski definition) is 1. The number of methoxy groups -OCH3 is 1. The van der Waals surface area contributed by atoms with Crippen molar-refractivity contribution in [2.45, 2.75) is 38.0 Å². The Morgan fingerprint density at radius 2 is 1.85 bits per heavy atom. The van der Waals surface area contributed by atoms with Crippen LogP contribution in [0.15, 0.2) is 42.5 Å². The van der Waals surface area contributed by atoms with Gasteiger partial charge in [-0.15, -0.1) is 0 Å². The molecule has 2 amide bonds. The van der Waals surface area contributed by atoms with Crippen molar-refractivity contribution in [1.82, 2.24) is 10.2 Å². The molecule has 0 spiro atoms. The fourth-order valence-corrected chi connectivity index (χ4v) is 4.63. The van der Waals surface area contributed by atoms with E-state index in [1.54, 1.807) is 12.1 Å². The fourth-order valence-electron chi connectivity index (χ4n) is 4.63. The Morgan fingerprint density at radius 1 is 1.12 bits per heavy atom. The first kappa shape index (κ1) is 22.8. The number of esters is 1. The zero-order valence-corrected chi connectivity index (χ0v) is 18.2. The number of nitrogens with zero attached hydrogens (tertiary/aromatic N) is 1. The lowest BCUT2D eigenvalue weighted by atomic mass is 9.98. The van der Waals surface area contributed by atoms with Gasteiger partial charge in [0.05, 0.1) is 19.8 Å². The standard InChI is InChI=1S/C24H24F2N2O5/c1-13-16-5-3-4-6-18(16)19-9-14(7-8-17(13)19)22(30)27-11-21(29)28-12-15(33-24(25)26)10-20(28)23(31)32-2/h3-9,13,15,20,24H,10-12H2,1-2H3,(H,27,30)/t13?,15-,20+/m1/s1. The molecule has 1 N–H and O–H groups in total. The van der Waals surface area contributed by atoms with E-state index in [2.05, 4.69) is 27.8 Å². The SMILES string of the molecule is COC(=O)[C@@H]1C[C@@H](OC(F)F)CN1C(=O)CNC(=O)c1ccc2c(c1)-c1ccccc1C2C. The Bertz CT molecular complexity index is 1090. The molecule has 1 aliphatic carbocycles. The van der Waals surface area contributed by atoms with Crippen LogP contribution in [0.5, 0.6) is 0 Å². The third kappa shape index (κ3) is 4.45. The van der Waals surface area contributed by atoms with Crippen molar-refractivity contribution in [3.05, 3.63) is 59.2 Å². The number of ether oxygens (including phenoxy) is 2. The molecule has 0 aromatic heterocycles. The van der Waals surface area contributed by atoms with Gasteiger partial charge in [-0.1, -0.05) is 37.3 Å². The van der Waals surface area contributed by atoms with Gasteiger partial charge in [0.15, 0.2) is 0 Å². The molecule has 0 bridgehead atoms. The number of halogens is 2. The molecule has 1 fully saturated rings. The predicted octanol–water partition coefficient (Wildman–Crippen LogP) is 2.93. The van der Waals surface area contributed by atoms with E-state index in [0.29, 0.717) is 5.56 Å². The van der Waals surface area contributed by atoms with Crippen molar-refractivity contribution in [1.29, 1.82) is 0 Å². The summed E-state index contributed by atoms with van der Waals surface area (Å²) in [6, 6.07) is 12.4. The van der Waals surface area contributed by atoms with Gasteiger partial charge in [-0.05, 0) is 34.4 Å². The average Bonchev–Trinajstić information content (AvgIpc) is 3.35. The van der Waals surface area contributed by atoms with Gasteiger partial charge < -0.3 is 19.7 Å². The Balaban J connectivity index is 1.44. The fraction of sp³-hybridized carbons (Fsp3) is 0.375. The van der Waals surface area contributed by atoms with E-state index in [4.69, 9.17) is 0 Å². The number of rotatable bonds is 6. The molecule has 1 heterocycles. The molecule has 1 unspecified atom stereocenters. The lowest BCUT2D eigenvalue weighted by molar-refractivity contribution is -0.160.